The molecule has 4 unspecified atom stereocenters. The van der Waals surface area contributed by atoms with E-state index < -0.39 is 0 Å². The van der Waals surface area contributed by atoms with E-state index in [0.29, 0.717) is 4.83 Å². The zero-order valence-electron chi connectivity index (χ0n) is 12.2. The van der Waals surface area contributed by atoms with Gasteiger partial charge < -0.3 is 4.74 Å². The van der Waals surface area contributed by atoms with E-state index in [1.807, 2.05) is 0 Å². The van der Waals surface area contributed by atoms with Crippen LogP contribution in [-0.2, 0) is 0 Å². The van der Waals surface area contributed by atoms with Gasteiger partial charge in [0.2, 0.25) is 0 Å². The van der Waals surface area contributed by atoms with Gasteiger partial charge in [0.15, 0.2) is 0 Å². The summed E-state index contributed by atoms with van der Waals surface area (Å²) in [4.78, 5) is 0.402. The van der Waals surface area contributed by atoms with Gasteiger partial charge in [0.25, 0.3) is 0 Å². The van der Waals surface area contributed by atoms with Crippen LogP contribution in [0.25, 0.3) is 0 Å². The van der Waals surface area contributed by atoms with Crippen LogP contribution in [0.1, 0.15) is 48.1 Å². The van der Waals surface area contributed by atoms with E-state index in [0.717, 1.165) is 23.5 Å². The van der Waals surface area contributed by atoms with Crippen LogP contribution in [0.2, 0.25) is 0 Å². The number of hydrogen-bond donors (Lipinski definition) is 0. The lowest BCUT2D eigenvalue weighted by atomic mass is 9.84. The van der Waals surface area contributed by atoms with Gasteiger partial charge in [-0.15, -0.1) is 0 Å². The molecule has 4 atom stereocenters. The Labute approximate surface area is 138 Å². The Balaban J connectivity index is 1.76. The maximum Gasteiger partial charge on any atom is 0.123 e. The van der Waals surface area contributed by atoms with Crippen LogP contribution >= 0.6 is 31.9 Å². The molecule has 0 aromatic heterocycles. The number of benzene rings is 1. The molecule has 3 rings (SSSR count). The number of fused-ring (bicyclic) bond motifs is 2. The van der Waals surface area contributed by atoms with Gasteiger partial charge in [-0.3, -0.25) is 0 Å². The normalized spacial score (nSPS) is 29.7. The van der Waals surface area contributed by atoms with E-state index in [-0.39, 0.29) is 0 Å². The van der Waals surface area contributed by atoms with Gasteiger partial charge in [-0.05, 0) is 68.1 Å². The van der Waals surface area contributed by atoms with E-state index in [9.17, 15) is 0 Å². The Morgan fingerprint density at radius 1 is 1.30 bits per heavy atom. The van der Waals surface area contributed by atoms with Crippen molar-refractivity contribution in [2.24, 2.45) is 17.8 Å². The highest BCUT2D eigenvalue weighted by molar-refractivity contribution is 9.10. The molecule has 1 aromatic rings. The monoisotopic (exact) mass is 400 g/mol. The molecule has 2 fully saturated rings. The molecule has 2 aliphatic carbocycles. The molecule has 2 bridgehead atoms. The standard InChI is InChI=1S/C17H22Br2O/c1-10-5-17(20-2)14(9-15(10)18)16(19)8-13-7-11-3-4-12(13)6-11/h5,9,11-13,16H,3-4,6-8H2,1-2H3. The predicted octanol–water partition coefficient (Wildman–Crippen LogP) is 6.03. The van der Waals surface area contributed by atoms with Gasteiger partial charge in [-0.1, -0.05) is 38.3 Å². The van der Waals surface area contributed by atoms with E-state index in [4.69, 9.17) is 4.74 Å². The lowest BCUT2D eigenvalue weighted by Crippen LogP contribution is -2.12. The van der Waals surface area contributed by atoms with Crippen molar-refractivity contribution in [2.75, 3.05) is 7.11 Å². The minimum absolute atomic E-state index is 0.402. The molecule has 0 aliphatic heterocycles. The zero-order chi connectivity index (χ0) is 14.3. The fourth-order valence-electron chi connectivity index (χ4n) is 4.15. The van der Waals surface area contributed by atoms with E-state index in [2.05, 4.69) is 50.9 Å². The van der Waals surface area contributed by atoms with Gasteiger partial charge in [0.05, 0.1) is 7.11 Å². The number of rotatable bonds is 4. The van der Waals surface area contributed by atoms with Crippen molar-refractivity contribution in [3.63, 3.8) is 0 Å². The second kappa shape index (κ2) is 6.00. The molecule has 0 saturated heterocycles. The highest BCUT2D eigenvalue weighted by Gasteiger charge is 2.40. The number of hydrogen-bond acceptors (Lipinski definition) is 1. The fourth-order valence-corrected chi connectivity index (χ4v) is 5.35. The number of alkyl halides is 1. The molecule has 0 amide bonds. The number of methoxy groups -OCH3 is 1. The van der Waals surface area contributed by atoms with Crippen molar-refractivity contribution in [3.05, 3.63) is 27.7 Å². The Morgan fingerprint density at radius 2 is 2.10 bits per heavy atom. The second-order valence-corrected chi connectivity index (χ2v) is 8.44. The first-order valence-corrected chi connectivity index (χ1v) is 9.27. The molecule has 0 spiro atoms. The van der Waals surface area contributed by atoms with E-state index in [1.54, 1.807) is 7.11 Å². The van der Waals surface area contributed by atoms with Gasteiger partial charge in [0, 0.05) is 14.9 Å². The Hall–Kier alpha value is -0.0200. The van der Waals surface area contributed by atoms with E-state index in [1.165, 1.54) is 47.7 Å². The molecule has 0 heterocycles. The van der Waals surface area contributed by atoms with Gasteiger partial charge in [-0.25, -0.2) is 0 Å². The van der Waals surface area contributed by atoms with Crippen molar-refractivity contribution in [1.29, 1.82) is 0 Å². The Morgan fingerprint density at radius 3 is 2.70 bits per heavy atom. The zero-order valence-corrected chi connectivity index (χ0v) is 15.3. The van der Waals surface area contributed by atoms with Crippen molar-refractivity contribution in [3.8, 4) is 5.75 Å². The van der Waals surface area contributed by atoms with Crippen LogP contribution < -0.4 is 4.74 Å². The van der Waals surface area contributed by atoms with Gasteiger partial charge in [-0.2, -0.15) is 0 Å². The van der Waals surface area contributed by atoms with Crippen molar-refractivity contribution < 1.29 is 4.74 Å². The maximum absolute atomic E-state index is 5.58. The third kappa shape index (κ3) is 2.81. The van der Waals surface area contributed by atoms with Crippen LogP contribution in [0.4, 0.5) is 0 Å². The maximum atomic E-state index is 5.58. The molecular weight excluding hydrogens is 380 g/mol. The summed E-state index contributed by atoms with van der Waals surface area (Å²) in [5.74, 6) is 3.93. The summed E-state index contributed by atoms with van der Waals surface area (Å²) in [5.41, 5.74) is 2.51. The topological polar surface area (TPSA) is 9.23 Å². The molecule has 110 valence electrons. The molecule has 20 heavy (non-hydrogen) atoms. The molecule has 2 saturated carbocycles. The molecule has 2 aliphatic rings. The molecule has 1 aromatic carbocycles. The average molecular weight is 402 g/mol. The third-order valence-corrected chi connectivity index (χ3v) is 6.96. The highest BCUT2D eigenvalue weighted by Crippen LogP contribution is 2.52. The van der Waals surface area contributed by atoms with Crippen molar-refractivity contribution in [2.45, 2.75) is 43.9 Å². The molecule has 0 N–H and O–H groups in total. The van der Waals surface area contributed by atoms with Crippen LogP contribution in [0.3, 0.4) is 0 Å². The Bertz CT molecular complexity index is 500. The van der Waals surface area contributed by atoms with Gasteiger partial charge in [0.1, 0.15) is 5.75 Å². The molecular formula is C17H22Br2O. The third-order valence-electron chi connectivity index (χ3n) is 5.24. The van der Waals surface area contributed by atoms with Crippen molar-refractivity contribution in [1.82, 2.24) is 0 Å². The lowest BCUT2D eigenvalue weighted by Gasteiger charge is -2.25. The van der Waals surface area contributed by atoms with Crippen LogP contribution in [0, 0.1) is 24.7 Å². The smallest absolute Gasteiger partial charge is 0.123 e. The minimum Gasteiger partial charge on any atom is -0.496 e. The second-order valence-electron chi connectivity index (χ2n) is 6.48. The number of halogens is 2. The fraction of sp³-hybridized carbons (Fsp3) is 0.647. The quantitative estimate of drug-likeness (QED) is 0.559. The highest BCUT2D eigenvalue weighted by atomic mass is 79.9. The first-order chi connectivity index (χ1) is 9.58. The lowest BCUT2D eigenvalue weighted by molar-refractivity contribution is 0.312. The van der Waals surface area contributed by atoms with Crippen molar-refractivity contribution >= 4 is 31.9 Å². The van der Waals surface area contributed by atoms with Crippen LogP contribution in [0.15, 0.2) is 16.6 Å². The summed E-state index contributed by atoms with van der Waals surface area (Å²) in [5, 5.41) is 0. The predicted molar refractivity (Wildman–Crippen MR) is 90.7 cm³/mol. The van der Waals surface area contributed by atoms with Gasteiger partial charge >= 0.3 is 0 Å². The number of aryl methyl sites for hydroxylation is 1. The first-order valence-electron chi connectivity index (χ1n) is 7.56. The summed E-state index contributed by atoms with van der Waals surface area (Å²) < 4.78 is 6.75. The summed E-state index contributed by atoms with van der Waals surface area (Å²) in [6.45, 7) is 2.11. The molecule has 3 heteroatoms. The largest absolute Gasteiger partial charge is 0.496 e. The first kappa shape index (κ1) is 14.9. The molecule has 0 radical (unpaired) electrons. The summed E-state index contributed by atoms with van der Waals surface area (Å²) in [6.07, 6.45) is 7.12. The number of ether oxygens (including phenoxy) is 1. The SMILES string of the molecule is COc1cc(C)c(Br)cc1C(Br)CC1CC2CCC1C2. The Kier molecular flexibility index (Phi) is 4.47. The van der Waals surface area contributed by atoms with Crippen LogP contribution in [-0.4, -0.2) is 7.11 Å². The summed E-state index contributed by atoms with van der Waals surface area (Å²) >= 11 is 7.56. The van der Waals surface area contributed by atoms with Crippen LogP contribution in [0.5, 0.6) is 5.75 Å². The summed E-state index contributed by atoms with van der Waals surface area (Å²) in [7, 11) is 1.77. The average Bonchev–Trinajstić information content (AvgIpc) is 3.03. The van der Waals surface area contributed by atoms with E-state index >= 15 is 0 Å². The molecule has 1 nitrogen and oxygen atoms in total. The minimum atomic E-state index is 0.402. The summed E-state index contributed by atoms with van der Waals surface area (Å²) in [6, 6.07) is 4.36.